The molecular weight excluding hydrogens is 532 g/mol. The molecule has 0 saturated heterocycles. The standard InChI is InChI=1S/C29H40N2O6SSi/c1-8-29(32,36-25-18-20-26(21-19-25)37-39(6,7)28(3,4)5)30-22(2)35-24-16-14-23(15-17-24)31-38(33,34)27-12-10-9-11-13-27/h9-22,30-32H,8H2,1-7H3/t22-,29-/m0/s1. The van der Waals surface area contributed by atoms with Crippen molar-refractivity contribution in [1.82, 2.24) is 5.32 Å². The number of rotatable bonds is 12. The Kier molecular flexibility index (Phi) is 9.38. The molecule has 0 aliphatic rings. The summed E-state index contributed by atoms with van der Waals surface area (Å²) < 4.78 is 45.7. The maximum atomic E-state index is 12.5. The summed E-state index contributed by atoms with van der Waals surface area (Å²) >= 11 is 0. The Balaban J connectivity index is 1.58. The zero-order valence-corrected chi connectivity index (χ0v) is 25.5. The molecule has 39 heavy (non-hydrogen) atoms. The molecular formula is C29H40N2O6SSi. The minimum atomic E-state index is -3.68. The lowest BCUT2D eigenvalue weighted by atomic mass is 10.2. The van der Waals surface area contributed by atoms with Crippen LogP contribution in [0.4, 0.5) is 5.69 Å². The highest BCUT2D eigenvalue weighted by atomic mass is 32.2. The van der Waals surface area contributed by atoms with Gasteiger partial charge >= 0.3 is 0 Å². The van der Waals surface area contributed by atoms with E-state index in [9.17, 15) is 13.5 Å². The molecule has 0 aromatic heterocycles. The zero-order valence-electron chi connectivity index (χ0n) is 23.7. The summed E-state index contributed by atoms with van der Waals surface area (Å²) in [7, 11) is -5.64. The molecule has 0 aliphatic carbocycles. The van der Waals surface area contributed by atoms with Crippen LogP contribution in [0.25, 0.3) is 0 Å². The van der Waals surface area contributed by atoms with E-state index in [1.165, 1.54) is 12.1 Å². The number of sulfonamides is 1. The quantitative estimate of drug-likeness (QED) is 0.172. The Morgan fingerprint density at radius 3 is 1.95 bits per heavy atom. The molecule has 0 aliphatic heterocycles. The van der Waals surface area contributed by atoms with Crippen LogP contribution in [0.2, 0.25) is 18.1 Å². The number of ether oxygens (including phenoxy) is 2. The Morgan fingerprint density at radius 1 is 0.872 bits per heavy atom. The van der Waals surface area contributed by atoms with Gasteiger partial charge in [0.05, 0.1) is 4.90 Å². The fraction of sp³-hybridized carbons (Fsp3) is 0.379. The van der Waals surface area contributed by atoms with Gasteiger partial charge in [0.1, 0.15) is 17.2 Å². The van der Waals surface area contributed by atoms with Gasteiger partial charge in [-0.05, 0) is 85.7 Å². The predicted molar refractivity (Wildman–Crippen MR) is 157 cm³/mol. The molecule has 212 valence electrons. The van der Waals surface area contributed by atoms with Crippen molar-refractivity contribution in [1.29, 1.82) is 0 Å². The minimum absolute atomic E-state index is 0.0847. The third-order valence-corrected chi connectivity index (χ3v) is 12.4. The fourth-order valence-electron chi connectivity index (χ4n) is 3.39. The van der Waals surface area contributed by atoms with E-state index in [1.807, 2.05) is 12.1 Å². The van der Waals surface area contributed by atoms with Crippen LogP contribution in [0.3, 0.4) is 0 Å². The summed E-state index contributed by atoms with van der Waals surface area (Å²) in [6, 6.07) is 21.9. The Morgan fingerprint density at radius 2 is 1.41 bits per heavy atom. The monoisotopic (exact) mass is 572 g/mol. The molecule has 0 heterocycles. The molecule has 2 atom stereocenters. The van der Waals surface area contributed by atoms with Crippen LogP contribution >= 0.6 is 0 Å². The molecule has 0 saturated carbocycles. The van der Waals surface area contributed by atoms with Crippen LogP contribution < -0.4 is 23.9 Å². The maximum Gasteiger partial charge on any atom is 0.270 e. The van der Waals surface area contributed by atoms with Crippen molar-refractivity contribution in [2.75, 3.05) is 4.72 Å². The van der Waals surface area contributed by atoms with E-state index in [4.69, 9.17) is 13.9 Å². The minimum Gasteiger partial charge on any atom is -0.543 e. The summed E-state index contributed by atoms with van der Waals surface area (Å²) in [6.07, 6.45) is -0.369. The number of anilines is 1. The second-order valence-corrected chi connectivity index (χ2v) is 17.3. The van der Waals surface area contributed by atoms with E-state index < -0.39 is 30.5 Å². The molecule has 3 N–H and O–H groups in total. The normalized spacial score (nSPS) is 14.7. The first kappa shape index (κ1) is 30.5. The number of aliphatic hydroxyl groups is 1. The van der Waals surface area contributed by atoms with Gasteiger partial charge in [0.2, 0.25) is 8.32 Å². The average molecular weight is 573 g/mol. The van der Waals surface area contributed by atoms with Gasteiger partial charge in [-0.15, -0.1) is 0 Å². The summed E-state index contributed by atoms with van der Waals surface area (Å²) in [5.41, 5.74) is 0.404. The lowest BCUT2D eigenvalue weighted by molar-refractivity contribution is -0.182. The summed E-state index contributed by atoms with van der Waals surface area (Å²) in [4.78, 5) is 0.180. The van der Waals surface area contributed by atoms with Gasteiger partial charge in [0.25, 0.3) is 15.9 Å². The van der Waals surface area contributed by atoms with Crippen molar-refractivity contribution in [2.24, 2.45) is 0 Å². The van der Waals surface area contributed by atoms with Crippen LogP contribution in [-0.2, 0) is 10.0 Å². The van der Waals surface area contributed by atoms with Crippen molar-refractivity contribution in [3.8, 4) is 17.2 Å². The number of hydrogen-bond acceptors (Lipinski definition) is 7. The number of hydrogen-bond donors (Lipinski definition) is 3. The van der Waals surface area contributed by atoms with Gasteiger partial charge in [-0.3, -0.25) is 4.72 Å². The molecule has 0 radical (unpaired) electrons. The van der Waals surface area contributed by atoms with Gasteiger partial charge < -0.3 is 19.0 Å². The van der Waals surface area contributed by atoms with Gasteiger partial charge in [-0.25, -0.2) is 13.7 Å². The van der Waals surface area contributed by atoms with Gasteiger partial charge in [-0.1, -0.05) is 45.9 Å². The molecule has 3 aromatic rings. The Labute approximate surface area is 233 Å². The molecule has 0 fully saturated rings. The fourth-order valence-corrected chi connectivity index (χ4v) is 5.50. The third kappa shape index (κ3) is 8.46. The Hall–Kier alpha value is -3.05. The van der Waals surface area contributed by atoms with Crippen LogP contribution in [0, 0.1) is 0 Å². The molecule has 10 heteroatoms. The molecule has 0 spiro atoms. The first-order valence-corrected chi connectivity index (χ1v) is 17.3. The SMILES string of the molecule is CC[C@@](O)(N[C@H](C)Oc1ccc(NS(=O)(=O)c2ccccc2)cc1)Oc1ccc(O[Si](C)(C)C(C)(C)C)cc1. The molecule has 3 aromatic carbocycles. The third-order valence-electron chi connectivity index (χ3n) is 6.67. The highest BCUT2D eigenvalue weighted by Crippen LogP contribution is 2.37. The van der Waals surface area contributed by atoms with Crippen molar-refractivity contribution in [3.63, 3.8) is 0 Å². The smallest absolute Gasteiger partial charge is 0.270 e. The number of benzene rings is 3. The van der Waals surface area contributed by atoms with Gasteiger partial charge in [-0.2, -0.15) is 0 Å². The van der Waals surface area contributed by atoms with Crippen LogP contribution in [0.1, 0.15) is 41.0 Å². The topological polar surface area (TPSA) is 106 Å². The van der Waals surface area contributed by atoms with Crippen molar-refractivity contribution in [3.05, 3.63) is 78.9 Å². The predicted octanol–water partition coefficient (Wildman–Crippen LogP) is 6.32. The van der Waals surface area contributed by atoms with E-state index in [0.29, 0.717) is 17.2 Å². The van der Waals surface area contributed by atoms with E-state index in [1.54, 1.807) is 68.4 Å². The lowest BCUT2D eigenvalue weighted by Crippen LogP contribution is -2.55. The van der Waals surface area contributed by atoms with Crippen molar-refractivity contribution >= 4 is 24.0 Å². The van der Waals surface area contributed by atoms with Crippen molar-refractivity contribution in [2.45, 2.75) is 76.2 Å². The highest BCUT2D eigenvalue weighted by molar-refractivity contribution is 7.92. The van der Waals surface area contributed by atoms with Gasteiger partial charge in [0, 0.05) is 12.1 Å². The second-order valence-electron chi connectivity index (χ2n) is 10.9. The highest BCUT2D eigenvalue weighted by Gasteiger charge is 2.39. The van der Waals surface area contributed by atoms with Gasteiger partial charge in [0.15, 0.2) is 6.23 Å². The van der Waals surface area contributed by atoms with Crippen LogP contribution in [0.15, 0.2) is 83.8 Å². The van der Waals surface area contributed by atoms with Crippen molar-refractivity contribution < 1.29 is 27.4 Å². The summed E-state index contributed by atoms with van der Waals surface area (Å²) in [5, 5.41) is 14.1. The summed E-state index contributed by atoms with van der Waals surface area (Å²) in [6.45, 7) is 14.5. The van der Waals surface area contributed by atoms with Crippen LogP contribution in [0.5, 0.6) is 17.2 Å². The van der Waals surface area contributed by atoms with E-state index in [2.05, 4.69) is 43.9 Å². The van der Waals surface area contributed by atoms with E-state index in [0.717, 1.165) is 5.75 Å². The molecule has 0 bridgehead atoms. The first-order chi connectivity index (χ1) is 18.1. The Bertz CT molecular complexity index is 1310. The molecule has 0 unspecified atom stereocenters. The lowest BCUT2D eigenvalue weighted by Gasteiger charge is -2.36. The van der Waals surface area contributed by atoms with E-state index in [-0.39, 0.29) is 16.4 Å². The molecule has 0 amide bonds. The molecule has 3 rings (SSSR count). The summed E-state index contributed by atoms with van der Waals surface area (Å²) in [5.74, 6) is 0.0695. The van der Waals surface area contributed by atoms with E-state index >= 15 is 0 Å². The average Bonchev–Trinajstić information content (AvgIpc) is 2.86. The zero-order chi connectivity index (χ0) is 28.9. The maximum absolute atomic E-state index is 12.5. The second kappa shape index (κ2) is 12.0. The largest absolute Gasteiger partial charge is 0.543 e. The number of nitrogens with one attached hydrogen (secondary N) is 2. The first-order valence-electron chi connectivity index (χ1n) is 13.0. The van der Waals surface area contributed by atoms with Crippen LogP contribution in [-0.4, -0.2) is 34.0 Å². The molecule has 8 nitrogen and oxygen atoms in total.